The summed E-state index contributed by atoms with van der Waals surface area (Å²) in [4.78, 5) is 6.90. The number of hydrogen-bond acceptors (Lipinski definition) is 2. The largest absolute Gasteiger partial charge is 0.370 e. The standard InChI is InChI=1S/C17H28N4/c1-14(2)11-19-17(18)20-12-16-9-6-10-21(16)13-15-7-4-3-5-8-15/h3-5,7-8,14,16H,6,9-13H2,1-2H3,(H3,18,19,20). The highest BCUT2D eigenvalue weighted by molar-refractivity contribution is 5.77. The van der Waals surface area contributed by atoms with Gasteiger partial charge in [0.15, 0.2) is 5.96 Å². The van der Waals surface area contributed by atoms with Crippen LogP contribution in [0.5, 0.6) is 0 Å². The van der Waals surface area contributed by atoms with Crippen LogP contribution in [0.4, 0.5) is 0 Å². The van der Waals surface area contributed by atoms with Crippen LogP contribution >= 0.6 is 0 Å². The number of aliphatic imine (C=N–C) groups is 1. The molecule has 0 amide bonds. The van der Waals surface area contributed by atoms with Crippen molar-refractivity contribution < 1.29 is 0 Å². The number of hydrogen-bond donors (Lipinski definition) is 2. The Morgan fingerprint density at radius 3 is 2.86 bits per heavy atom. The molecule has 21 heavy (non-hydrogen) atoms. The van der Waals surface area contributed by atoms with E-state index in [2.05, 4.69) is 59.4 Å². The van der Waals surface area contributed by atoms with Crippen LogP contribution in [0.1, 0.15) is 32.3 Å². The molecule has 1 unspecified atom stereocenters. The van der Waals surface area contributed by atoms with Crippen molar-refractivity contribution in [2.45, 2.75) is 39.3 Å². The third kappa shape index (κ3) is 5.38. The Bertz CT molecular complexity index is 441. The highest BCUT2D eigenvalue weighted by Gasteiger charge is 2.24. The third-order valence-corrected chi connectivity index (χ3v) is 3.87. The molecule has 3 N–H and O–H groups in total. The predicted molar refractivity (Wildman–Crippen MR) is 89.2 cm³/mol. The highest BCUT2D eigenvalue weighted by Crippen LogP contribution is 2.19. The highest BCUT2D eigenvalue weighted by atomic mass is 15.2. The van der Waals surface area contributed by atoms with Crippen LogP contribution in [0.2, 0.25) is 0 Å². The second kappa shape index (κ2) is 8.03. The van der Waals surface area contributed by atoms with Crippen molar-refractivity contribution in [3.05, 3.63) is 35.9 Å². The molecule has 1 atom stereocenters. The molecule has 116 valence electrons. The minimum absolute atomic E-state index is 0.548. The summed E-state index contributed by atoms with van der Waals surface area (Å²) < 4.78 is 0. The molecule has 0 aromatic heterocycles. The molecule has 0 saturated carbocycles. The lowest BCUT2D eigenvalue weighted by Gasteiger charge is -2.25. The van der Waals surface area contributed by atoms with E-state index in [9.17, 15) is 0 Å². The molecular formula is C17H28N4. The van der Waals surface area contributed by atoms with Gasteiger partial charge in [0, 0.05) is 25.7 Å². The first-order valence-electron chi connectivity index (χ1n) is 7.97. The lowest BCUT2D eigenvalue weighted by Crippen LogP contribution is -2.42. The summed E-state index contributed by atoms with van der Waals surface area (Å²) in [6, 6.07) is 11.2. The van der Waals surface area contributed by atoms with Crippen LogP contribution in [0.3, 0.4) is 0 Å². The molecule has 1 aromatic carbocycles. The Morgan fingerprint density at radius 1 is 1.38 bits per heavy atom. The molecule has 1 aliphatic rings. The second-order valence-corrected chi connectivity index (χ2v) is 6.25. The van der Waals surface area contributed by atoms with Crippen LogP contribution in [0.15, 0.2) is 35.3 Å². The molecule has 4 heteroatoms. The number of benzene rings is 1. The zero-order chi connectivity index (χ0) is 15.1. The first kappa shape index (κ1) is 15.8. The lowest BCUT2D eigenvalue weighted by atomic mass is 10.2. The summed E-state index contributed by atoms with van der Waals surface area (Å²) >= 11 is 0. The van der Waals surface area contributed by atoms with E-state index in [0.717, 1.165) is 19.6 Å². The van der Waals surface area contributed by atoms with E-state index in [1.807, 2.05) is 0 Å². The number of nitrogens with two attached hydrogens (primary N) is 1. The van der Waals surface area contributed by atoms with Crippen molar-refractivity contribution in [1.29, 1.82) is 0 Å². The Balaban J connectivity index is 1.81. The summed E-state index contributed by atoms with van der Waals surface area (Å²) in [7, 11) is 0. The van der Waals surface area contributed by atoms with Crippen molar-refractivity contribution >= 4 is 5.96 Å². The van der Waals surface area contributed by atoms with Crippen LogP contribution in [-0.4, -0.2) is 36.5 Å². The SMILES string of the molecule is CC(C)CN=C(N)NCC1CCCN1Cc1ccccc1. The maximum Gasteiger partial charge on any atom is 0.188 e. The summed E-state index contributed by atoms with van der Waals surface area (Å²) in [5.41, 5.74) is 7.30. The molecule has 1 aromatic rings. The van der Waals surface area contributed by atoms with Crippen LogP contribution in [0.25, 0.3) is 0 Å². The van der Waals surface area contributed by atoms with Crippen molar-refractivity contribution in [3.63, 3.8) is 0 Å². The fourth-order valence-corrected chi connectivity index (χ4v) is 2.71. The minimum atomic E-state index is 0.548. The van der Waals surface area contributed by atoms with Crippen LogP contribution in [0, 0.1) is 5.92 Å². The van der Waals surface area contributed by atoms with Gasteiger partial charge in [-0.2, -0.15) is 0 Å². The maximum atomic E-state index is 5.92. The first-order chi connectivity index (χ1) is 10.1. The van der Waals surface area contributed by atoms with Crippen molar-refractivity contribution in [3.8, 4) is 0 Å². The smallest absolute Gasteiger partial charge is 0.188 e. The molecule has 0 bridgehead atoms. The van der Waals surface area contributed by atoms with E-state index < -0.39 is 0 Å². The molecule has 0 spiro atoms. The maximum absolute atomic E-state index is 5.92. The first-order valence-corrected chi connectivity index (χ1v) is 7.97. The van der Waals surface area contributed by atoms with Gasteiger partial charge >= 0.3 is 0 Å². The monoisotopic (exact) mass is 288 g/mol. The predicted octanol–water partition coefficient (Wildman–Crippen LogP) is 2.21. The normalized spacial score (nSPS) is 20.1. The number of likely N-dealkylation sites (tertiary alicyclic amines) is 1. The Labute approximate surface area is 128 Å². The summed E-state index contributed by atoms with van der Waals surface area (Å²) in [5.74, 6) is 1.13. The number of nitrogens with zero attached hydrogens (tertiary/aromatic N) is 2. The molecule has 0 radical (unpaired) electrons. The van der Waals surface area contributed by atoms with Gasteiger partial charge in [0.05, 0.1) is 0 Å². The molecular weight excluding hydrogens is 260 g/mol. The van der Waals surface area contributed by atoms with E-state index >= 15 is 0 Å². The molecule has 0 aliphatic carbocycles. The van der Waals surface area contributed by atoms with Crippen molar-refractivity contribution in [2.75, 3.05) is 19.6 Å². The van der Waals surface area contributed by atoms with Gasteiger partial charge in [-0.1, -0.05) is 44.2 Å². The Hall–Kier alpha value is -1.55. The van der Waals surface area contributed by atoms with Crippen LogP contribution < -0.4 is 11.1 Å². The van der Waals surface area contributed by atoms with Gasteiger partial charge in [-0.15, -0.1) is 0 Å². The Morgan fingerprint density at radius 2 is 2.14 bits per heavy atom. The summed E-state index contributed by atoms with van der Waals surface area (Å²) in [6.45, 7) is 8.17. The van der Waals surface area contributed by atoms with Gasteiger partial charge in [-0.25, -0.2) is 0 Å². The zero-order valence-electron chi connectivity index (χ0n) is 13.3. The van der Waals surface area contributed by atoms with Crippen molar-refractivity contribution in [1.82, 2.24) is 10.2 Å². The van der Waals surface area contributed by atoms with Crippen molar-refractivity contribution in [2.24, 2.45) is 16.6 Å². The van der Waals surface area contributed by atoms with E-state index in [4.69, 9.17) is 5.73 Å². The van der Waals surface area contributed by atoms with Gasteiger partial charge < -0.3 is 11.1 Å². The van der Waals surface area contributed by atoms with Gasteiger partial charge in [-0.3, -0.25) is 9.89 Å². The van der Waals surface area contributed by atoms with E-state index in [1.54, 1.807) is 0 Å². The number of nitrogens with one attached hydrogen (secondary N) is 1. The van der Waals surface area contributed by atoms with E-state index in [-0.39, 0.29) is 0 Å². The average molecular weight is 288 g/mol. The fourth-order valence-electron chi connectivity index (χ4n) is 2.71. The summed E-state index contributed by atoms with van der Waals surface area (Å²) in [6.07, 6.45) is 2.50. The zero-order valence-corrected chi connectivity index (χ0v) is 13.3. The minimum Gasteiger partial charge on any atom is -0.370 e. The molecule has 1 aliphatic heterocycles. The second-order valence-electron chi connectivity index (χ2n) is 6.25. The number of rotatable bonds is 6. The number of guanidine groups is 1. The molecule has 4 nitrogen and oxygen atoms in total. The third-order valence-electron chi connectivity index (χ3n) is 3.87. The van der Waals surface area contributed by atoms with Crippen LogP contribution in [-0.2, 0) is 6.54 Å². The lowest BCUT2D eigenvalue weighted by molar-refractivity contribution is 0.245. The molecule has 1 heterocycles. The Kier molecular flexibility index (Phi) is 6.05. The van der Waals surface area contributed by atoms with E-state index in [1.165, 1.54) is 24.9 Å². The molecule has 2 rings (SSSR count). The van der Waals surface area contributed by atoms with Gasteiger partial charge in [0.1, 0.15) is 0 Å². The van der Waals surface area contributed by atoms with E-state index in [0.29, 0.717) is 17.9 Å². The molecule has 1 saturated heterocycles. The van der Waals surface area contributed by atoms with Gasteiger partial charge in [0.25, 0.3) is 0 Å². The topological polar surface area (TPSA) is 53.6 Å². The fraction of sp³-hybridized carbons (Fsp3) is 0.588. The molecule has 1 fully saturated rings. The van der Waals surface area contributed by atoms with Gasteiger partial charge in [0.2, 0.25) is 0 Å². The average Bonchev–Trinajstić information content (AvgIpc) is 2.91. The summed E-state index contributed by atoms with van der Waals surface area (Å²) in [5, 5.41) is 3.28. The van der Waals surface area contributed by atoms with Gasteiger partial charge in [-0.05, 0) is 30.9 Å². The quantitative estimate of drug-likeness (QED) is 0.623.